The van der Waals surface area contributed by atoms with Crippen LogP contribution >= 0.6 is 11.3 Å². The predicted octanol–water partition coefficient (Wildman–Crippen LogP) is 13.8. The van der Waals surface area contributed by atoms with E-state index in [9.17, 15) is 10.5 Å². The Balaban J connectivity index is 1.26. The molecule has 0 N–H and O–H groups in total. The summed E-state index contributed by atoms with van der Waals surface area (Å²) in [4.78, 5) is 0. The third-order valence-corrected chi connectivity index (χ3v) is 12.0. The summed E-state index contributed by atoms with van der Waals surface area (Å²) in [6.07, 6.45) is 0. The van der Waals surface area contributed by atoms with Gasteiger partial charge in [0.05, 0.1) is 33.6 Å². The van der Waals surface area contributed by atoms with Crippen molar-refractivity contribution in [1.29, 1.82) is 10.5 Å². The predicted molar refractivity (Wildman–Crippen MR) is 227 cm³/mol. The first-order valence-corrected chi connectivity index (χ1v) is 18.9. The molecule has 0 aliphatic carbocycles. The molecule has 3 heterocycles. The molecule has 4 nitrogen and oxygen atoms in total. The van der Waals surface area contributed by atoms with Gasteiger partial charge < -0.3 is 8.98 Å². The molecular weight excluding hydrogens is 691 g/mol. The summed E-state index contributed by atoms with van der Waals surface area (Å²) in [7, 11) is 0. The fraction of sp³-hybridized carbons (Fsp3) is 0. The van der Waals surface area contributed by atoms with Crippen LogP contribution in [0.2, 0.25) is 0 Å². The number of nitriles is 2. The highest BCUT2D eigenvalue weighted by Crippen LogP contribution is 2.46. The zero-order valence-corrected chi connectivity index (χ0v) is 30.1. The van der Waals surface area contributed by atoms with Crippen molar-refractivity contribution >= 4 is 75.3 Å². The highest BCUT2D eigenvalue weighted by atomic mass is 32.1. The van der Waals surface area contributed by atoms with Crippen molar-refractivity contribution < 1.29 is 4.42 Å². The molecule has 0 saturated heterocycles. The maximum absolute atomic E-state index is 10.9. The van der Waals surface area contributed by atoms with Crippen molar-refractivity contribution in [2.24, 2.45) is 0 Å². The zero-order valence-electron chi connectivity index (χ0n) is 29.2. The average molecular weight is 718 g/mol. The molecule has 0 radical (unpaired) electrons. The second-order valence-corrected chi connectivity index (χ2v) is 14.9. The van der Waals surface area contributed by atoms with Crippen molar-refractivity contribution in [2.75, 3.05) is 0 Å². The highest BCUT2D eigenvalue weighted by molar-refractivity contribution is 7.25. The first-order valence-electron chi connectivity index (χ1n) is 18.1. The van der Waals surface area contributed by atoms with Gasteiger partial charge in [-0.15, -0.1) is 11.3 Å². The molecular formula is C50H27N3OS. The lowest BCUT2D eigenvalue weighted by Crippen LogP contribution is -1.98. The van der Waals surface area contributed by atoms with Gasteiger partial charge in [0.2, 0.25) is 0 Å². The normalized spacial score (nSPS) is 11.6. The number of furan rings is 1. The van der Waals surface area contributed by atoms with Gasteiger partial charge in [0.15, 0.2) is 0 Å². The number of benzene rings is 8. The number of aromatic nitrogens is 1. The van der Waals surface area contributed by atoms with Crippen LogP contribution in [0.15, 0.2) is 168 Å². The van der Waals surface area contributed by atoms with Gasteiger partial charge in [-0.25, -0.2) is 0 Å². The molecule has 0 fully saturated rings. The van der Waals surface area contributed by atoms with Crippen LogP contribution in [0, 0.1) is 22.7 Å². The van der Waals surface area contributed by atoms with E-state index in [-0.39, 0.29) is 0 Å². The van der Waals surface area contributed by atoms with Gasteiger partial charge in [-0.05, 0) is 82.9 Å². The monoisotopic (exact) mass is 717 g/mol. The smallest absolute Gasteiger partial charge is 0.137 e. The Hall–Kier alpha value is -7.44. The van der Waals surface area contributed by atoms with Crippen LogP contribution in [0.25, 0.3) is 103 Å². The highest BCUT2D eigenvalue weighted by Gasteiger charge is 2.23. The van der Waals surface area contributed by atoms with Crippen LogP contribution in [0.5, 0.6) is 0 Å². The first-order chi connectivity index (χ1) is 27.2. The third-order valence-electron chi connectivity index (χ3n) is 10.9. The Bertz CT molecular complexity index is 3480. The average Bonchev–Trinajstić information content (AvgIpc) is 3.93. The van der Waals surface area contributed by atoms with Crippen LogP contribution < -0.4 is 0 Å². The zero-order chi connectivity index (χ0) is 36.6. The lowest BCUT2D eigenvalue weighted by Gasteiger charge is -2.18. The van der Waals surface area contributed by atoms with Gasteiger partial charge in [0, 0.05) is 53.1 Å². The summed E-state index contributed by atoms with van der Waals surface area (Å²) in [5, 5.41) is 27.5. The summed E-state index contributed by atoms with van der Waals surface area (Å²) < 4.78 is 11.2. The van der Waals surface area contributed by atoms with Crippen molar-refractivity contribution in [3.05, 3.63) is 175 Å². The van der Waals surface area contributed by atoms with Crippen molar-refractivity contribution in [3.8, 4) is 51.2 Å². The largest absolute Gasteiger partial charge is 0.456 e. The Morgan fingerprint density at radius 1 is 0.473 bits per heavy atom. The number of hydrogen-bond acceptors (Lipinski definition) is 4. The van der Waals surface area contributed by atoms with Crippen LogP contribution in [0.1, 0.15) is 11.1 Å². The molecule has 3 aromatic heterocycles. The molecule has 5 heteroatoms. The molecule has 254 valence electrons. The van der Waals surface area contributed by atoms with E-state index in [0.717, 1.165) is 77.4 Å². The molecule has 0 amide bonds. The third kappa shape index (κ3) is 4.61. The summed E-state index contributed by atoms with van der Waals surface area (Å²) in [6.45, 7) is 0. The Labute approximate surface area is 319 Å². The van der Waals surface area contributed by atoms with E-state index in [1.54, 1.807) is 17.4 Å². The first kappa shape index (κ1) is 31.1. The quantitative estimate of drug-likeness (QED) is 0.182. The van der Waals surface area contributed by atoms with Crippen LogP contribution in [0.4, 0.5) is 0 Å². The van der Waals surface area contributed by atoms with Gasteiger partial charge in [-0.2, -0.15) is 10.5 Å². The lowest BCUT2D eigenvalue weighted by atomic mass is 9.87. The van der Waals surface area contributed by atoms with Crippen LogP contribution in [-0.4, -0.2) is 4.57 Å². The molecule has 8 aromatic carbocycles. The number of para-hydroxylation sites is 2. The van der Waals surface area contributed by atoms with Gasteiger partial charge >= 0.3 is 0 Å². The van der Waals surface area contributed by atoms with Crippen molar-refractivity contribution in [2.45, 2.75) is 0 Å². The number of rotatable bonds is 4. The number of thiophene rings is 1. The summed E-state index contributed by atoms with van der Waals surface area (Å²) in [5.41, 5.74) is 11.6. The molecule has 11 rings (SSSR count). The van der Waals surface area contributed by atoms with Gasteiger partial charge in [0.1, 0.15) is 17.2 Å². The second kappa shape index (κ2) is 12.0. The standard InChI is InChI=1S/C50H27N3OS/c51-28-30-10-7-11-31(26-30)33-15-8-16-34(42(33)29-52)35-23-22-32(27-41(35)37-17-9-21-47-48(37)40-14-3-6-20-46(40)55-47)53-43-18-4-1-12-36(43)38-24-25-45-49(50(38)53)39-13-2-5-19-44(39)54-45/h1-27H. The maximum atomic E-state index is 10.9. The lowest BCUT2D eigenvalue weighted by molar-refractivity contribution is 0.669. The SMILES string of the molecule is N#Cc1cccc(-c2cccc(-c3ccc(-n4c5ccccc5c5ccc6oc7ccccc7c6c54)cc3-c3cccc4sc5ccccc5c34)c2C#N)c1. The number of nitrogens with zero attached hydrogens (tertiary/aromatic N) is 3. The van der Waals surface area contributed by atoms with Gasteiger partial charge in [0.25, 0.3) is 0 Å². The molecule has 0 saturated carbocycles. The van der Waals surface area contributed by atoms with E-state index in [1.165, 1.54) is 25.6 Å². The van der Waals surface area contributed by atoms with E-state index in [2.05, 4.69) is 126 Å². The molecule has 55 heavy (non-hydrogen) atoms. The molecule has 0 spiro atoms. The summed E-state index contributed by atoms with van der Waals surface area (Å²) >= 11 is 1.80. The Morgan fingerprint density at radius 2 is 1.22 bits per heavy atom. The minimum Gasteiger partial charge on any atom is -0.456 e. The van der Waals surface area contributed by atoms with Gasteiger partial charge in [-0.1, -0.05) is 103 Å². The summed E-state index contributed by atoms with van der Waals surface area (Å²) in [5.74, 6) is 0. The molecule has 0 aliphatic heterocycles. The molecule has 11 aromatic rings. The van der Waals surface area contributed by atoms with Gasteiger partial charge in [-0.3, -0.25) is 0 Å². The molecule has 0 unspecified atom stereocenters. The number of fused-ring (bicyclic) bond motifs is 10. The number of hydrogen-bond donors (Lipinski definition) is 0. The van der Waals surface area contributed by atoms with E-state index in [1.807, 2.05) is 48.5 Å². The van der Waals surface area contributed by atoms with Crippen LogP contribution in [0.3, 0.4) is 0 Å². The van der Waals surface area contributed by atoms with Crippen LogP contribution in [-0.2, 0) is 0 Å². The second-order valence-electron chi connectivity index (χ2n) is 13.8. The topological polar surface area (TPSA) is 65.7 Å². The maximum Gasteiger partial charge on any atom is 0.137 e. The Kier molecular flexibility index (Phi) is 6.82. The fourth-order valence-electron chi connectivity index (χ4n) is 8.56. The van der Waals surface area contributed by atoms with Crippen molar-refractivity contribution in [1.82, 2.24) is 4.57 Å². The van der Waals surface area contributed by atoms with E-state index in [0.29, 0.717) is 11.1 Å². The fourth-order valence-corrected chi connectivity index (χ4v) is 9.69. The van der Waals surface area contributed by atoms with E-state index >= 15 is 0 Å². The summed E-state index contributed by atoms with van der Waals surface area (Å²) in [6, 6.07) is 61.2. The van der Waals surface area contributed by atoms with E-state index < -0.39 is 0 Å². The van der Waals surface area contributed by atoms with Crippen molar-refractivity contribution in [3.63, 3.8) is 0 Å². The minimum atomic E-state index is 0.554. The minimum absolute atomic E-state index is 0.554. The molecule has 0 aliphatic rings. The molecule has 0 bridgehead atoms. The van der Waals surface area contributed by atoms with E-state index in [4.69, 9.17) is 4.42 Å². The Morgan fingerprint density at radius 3 is 2.11 bits per heavy atom. The molecule has 0 atom stereocenters.